The summed E-state index contributed by atoms with van der Waals surface area (Å²) in [6.07, 6.45) is 0. The van der Waals surface area contributed by atoms with Gasteiger partial charge in [0.15, 0.2) is 0 Å². The molecule has 1 heterocycles. The molecule has 1 aromatic carbocycles. The summed E-state index contributed by atoms with van der Waals surface area (Å²) in [5.41, 5.74) is 9.48. The van der Waals surface area contributed by atoms with Crippen LogP contribution in [0.25, 0.3) is 0 Å². The largest absolute Gasteiger partial charge is 0.257 e. The second-order valence-corrected chi connectivity index (χ2v) is 5.04. The number of hydrazine groups is 1. The first-order valence-electron chi connectivity index (χ1n) is 5.68. The van der Waals surface area contributed by atoms with E-state index in [1.165, 1.54) is 11.1 Å². The number of rotatable bonds is 2. The third kappa shape index (κ3) is 2.06. The van der Waals surface area contributed by atoms with Crippen LogP contribution in [0.3, 0.4) is 0 Å². The molecule has 0 amide bonds. The Kier molecular flexibility index (Phi) is 2.81. The smallest absolute Gasteiger partial charge is 0.0207 e. The average Bonchev–Trinajstić information content (AvgIpc) is 2.67. The molecule has 1 aliphatic heterocycles. The lowest BCUT2D eigenvalue weighted by Gasteiger charge is -2.22. The Morgan fingerprint density at radius 3 is 2.07 bits per heavy atom. The maximum Gasteiger partial charge on any atom is 0.0207 e. The predicted molar refractivity (Wildman–Crippen MR) is 63.9 cm³/mol. The van der Waals surface area contributed by atoms with Crippen molar-refractivity contribution in [3.63, 3.8) is 0 Å². The molecule has 0 bridgehead atoms. The maximum atomic E-state index is 3.20. The zero-order chi connectivity index (χ0) is 10.9. The standard InChI is InChI=1S/C13H20N2/c1-10(2)11-4-6-12(7-5-11)13(3)8-14-15-9-13/h4-7,10,14-15H,8-9H2,1-3H3. The van der Waals surface area contributed by atoms with Crippen molar-refractivity contribution < 1.29 is 0 Å². The molecule has 0 spiro atoms. The van der Waals surface area contributed by atoms with E-state index < -0.39 is 0 Å². The summed E-state index contributed by atoms with van der Waals surface area (Å²) in [5, 5.41) is 0. The summed E-state index contributed by atoms with van der Waals surface area (Å²) < 4.78 is 0. The van der Waals surface area contributed by atoms with Gasteiger partial charge in [-0.05, 0) is 17.0 Å². The van der Waals surface area contributed by atoms with Gasteiger partial charge < -0.3 is 0 Å². The first-order chi connectivity index (χ1) is 7.12. The van der Waals surface area contributed by atoms with Crippen LogP contribution in [0.15, 0.2) is 24.3 Å². The summed E-state index contributed by atoms with van der Waals surface area (Å²) in [7, 11) is 0. The lowest BCUT2D eigenvalue weighted by atomic mass is 9.83. The molecule has 82 valence electrons. The zero-order valence-electron chi connectivity index (χ0n) is 9.80. The third-order valence-corrected chi connectivity index (χ3v) is 3.36. The van der Waals surface area contributed by atoms with Crippen LogP contribution in [0, 0.1) is 0 Å². The number of benzene rings is 1. The molecule has 2 rings (SSSR count). The van der Waals surface area contributed by atoms with E-state index in [4.69, 9.17) is 0 Å². The fourth-order valence-corrected chi connectivity index (χ4v) is 2.05. The number of nitrogens with one attached hydrogen (secondary N) is 2. The Balaban J connectivity index is 2.23. The second-order valence-electron chi connectivity index (χ2n) is 5.04. The van der Waals surface area contributed by atoms with E-state index >= 15 is 0 Å². The molecular formula is C13H20N2. The first-order valence-corrected chi connectivity index (χ1v) is 5.68. The molecule has 0 atom stereocenters. The maximum absolute atomic E-state index is 3.20. The van der Waals surface area contributed by atoms with Gasteiger partial charge in [0.25, 0.3) is 0 Å². The summed E-state index contributed by atoms with van der Waals surface area (Å²) in [5.74, 6) is 0.617. The van der Waals surface area contributed by atoms with Crippen LogP contribution in [0.2, 0.25) is 0 Å². The SMILES string of the molecule is CC(C)c1ccc(C2(C)CNNC2)cc1. The molecular weight excluding hydrogens is 184 g/mol. The molecule has 2 N–H and O–H groups in total. The summed E-state index contributed by atoms with van der Waals surface area (Å²) in [6, 6.07) is 9.04. The molecule has 0 aliphatic carbocycles. The van der Waals surface area contributed by atoms with Gasteiger partial charge in [-0.1, -0.05) is 45.0 Å². The molecule has 1 aliphatic rings. The van der Waals surface area contributed by atoms with Crippen molar-refractivity contribution in [3.05, 3.63) is 35.4 Å². The van der Waals surface area contributed by atoms with Gasteiger partial charge in [-0.25, -0.2) is 0 Å². The topological polar surface area (TPSA) is 24.1 Å². The van der Waals surface area contributed by atoms with Crippen molar-refractivity contribution in [2.24, 2.45) is 0 Å². The molecule has 0 saturated carbocycles. The van der Waals surface area contributed by atoms with Gasteiger partial charge in [0.2, 0.25) is 0 Å². The van der Waals surface area contributed by atoms with Gasteiger partial charge in [-0.2, -0.15) is 0 Å². The van der Waals surface area contributed by atoms with Crippen LogP contribution in [-0.4, -0.2) is 13.1 Å². The Bertz CT molecular complexity index is 321. The van der Waals surface area contributed by atoms with E-state index in [2.05, 4.69) is 55.9 Å². The van der Waals surface area contributed by atoms with Crippen molar-refractivity contribution in [2.75, 3.05) is 13.1 Å². The highest BCUT2D eigenvalue weighted by Gasteiger charge is 2.30. The Morgan fingerprint density at radius 1 is 1.07 bits per heavy atom. The van der Waals surface area contributed by atoms with Crippen LogP contribution in [-0.2, 0) is 5.41 Å². The lowest BCUT2D eigenvalue weighted by Crippen LogP contribution is -2.27. The van der Waals surface area contributed by atoms with E-state index in [-0.39, 0.29) is 5.41 Å². The van der Waals surface area contributed by atoms with Gasteiger partial charge in [-0.15, -0.1) is 0 Å². The van der Waals surface area contributed by atoms with E-state index in [9.17, 15) is 0 Å². The predicted octanol–water partition coefficient (Wildman–Crippen LogP) is 2.18. The van der Waals surface area contributed by atoms with E-state index in [0.717, 1.165) is 13.1 Å². The average molecular weight is 204 g/mol. The van der Waals surface area contributed by atoms with Crippen LogP contribution in [0.4, 0.5) is 0 Å². The summed E-state index contributed by atoms with van der Waals surface area (Å²) >= 11 is 0. The Labute approximate surface area is 92.1 Å². The van der Waals surface area contributed by atoms with Gasteiger partial charge in [0.05, 0.1) is 0 Å². The molecule has 1 aromatic rings. The minimum atomic E-state index is 0.246. The molecule has 15 heavy (non-hydrogen) atoms. The fourth-order valence-electron chi connectivity index (χ4n) is 2.05. The van der Waals surface area contributed by atoms with Crippen molar-refractivity contribution >= 4 is 0 Å². The van der Waals surface area contributed by atoms with Crippen LogP contribution >= 0.6 is 0 Å². The van der Waals surface area contributed by atoms with E-state index in [1.54, 1.807) is 0 Å². The van der Waals surface area contributed by atoms with Gasteiger partial charge in [0, 0.05) is 18.5 Å². The molecule has 1 saturated heterocycles. The molecule has 2 heteroatoms. The fraction of sp³-hybridized carbons (Fsp3) is 0.538. The van der Waals surface area contributed by atoms with Gasteiger partial charge >= 0.3 is 0 Å². The van der Waals surface area contributed by atoms with Gasteiger partial charge in [-0.3, -0.25) is 10.9 Å². The molecule has 0 radical (unpaired) electrons. The number of hydrogen-bond donors (Lipinski definition) is 2. The Hall–Kier alpha value is -0.860. The van der Waals surface area contributed by atoms with Gasteiger partial charge in [0.1, 0.15) is 0 Å². The highest BCUT2D eigenvalue weighted by Crippen LogP contribution is 2.26. The molecule has 2 nitrogen and oxygen atoms in total. The number of hydrogen-bond acceptors (Lipinski definition) is 2. The van der Waals surface area contributed by atoms with Crippen LogP contribution < -0.4 is 10.9 Å². The highest BCUT2D eigenvalue weighted by molar-refractivity contribution is 5.31. The van der Waals surface area contributed by atoms with Crippen molar-refractivity contribution in [1.29, 1.82) is 0 Å². The Morgan fingerprint density at radius 2 is 1.60 bits per heavy atom. The van der Waals surface area contributed by atoms with Crippen LogP contribution in [0.1, 0.15) is 37.8 Å². The van der Waals surface area contributed by atoms with E-state index in [1.807, 2.05) is 0 Å². The highest BCUT2D eigenvalue weighted by atomic mass is 15.4. The minimum absolute atomic E-state index is 0.246. The monoisotopic (exact) mass is 204 g/mol. The zero-order valence-corrected chi connectivity index (χ0v) is 9.80. The summed E-state index contributed by atoms with van der Waals surface area (Å²) in [4.78, 5) is 0. The lowest BCUT2D eigenvalue weighted by molar-refractivity contribution is 0.553. The second kappa shape index (κ2) is 3.95. The van der Waals surface area contributed by atoms with Crippen molar-refractivity contribution in [1.82, 2.24) is 10.9 Å². The normalized spacial score (nSPS) is 19.7. The van der Waals surface area contributed by atoms with E-state index in [0.29, 0.717) is 5.92 Å². The third-order valence-electron chi connectivity index (χ3n) is 3.36. The molecule has 0 aromatic heterocycles. The quantitative estimate of drug-likeness (QED) is 0.771. The van der Waals surface area contributed by atoms with Crippen molar-refractivity contribution in [3.8, 4) is 0 Å². The van der Waals surface area contributed by atoms with Crippen molar-refractivity contribution in [2.45, 2.75) is 32.1 Å². The first kappa shape index (κ1) is 10.7. The minimum Gasteiger partial charge on any atom is -0.257 e. The molecule has 1 fully saturated rings. The molecule has 0 unspecified atom stereocenters. The summed E-state index contributed by atoms with van der Waals surface area (Å²) in [6.45, 7) is 8.78. The van der Waals surface area contributed by atoms with Crippen LogP contribution in [0.5, 0.6) is 0 Å².